The van der Waals surface area contributed by atoms with Gasteiger partial charge >= 0.3 is 0 Å². The summed E-state index contributed by atoms with van der Waals surface area (Å²) in [6.45, 7) is 0.732. The van der Waals surface area contributed by atoms with Crippen molar-refractivity contribution in [3.05, 3.63) is 5.01 Å². The van der Waals surface area contributed by atoms with E-state index in [0.717, 1.165) is 16.7 Å². The van der Waals surface area contributed by atoms with E-state index in [4.69, 9.17) is 5.26 Å². The van der Waals surface area contributed by atoms with Crippen LogP contribution in [-0.2, 0) is 0 Å². The second-order valence-electron chi connectivity index (χ2n) is 3.53. The monoisotopic (exact) mass is 208 g/mol. The minimum Gasteiger partial charge on any atom is -0.349 e. The fraction of sp³-hybridized carbons (Fsp3) is 0.667. The third kappa shape index (κ3) is 2.02. The minimum absolute atomic E-state index is 0.537. The van der Waals surface area contributed by atoms with Crippen molar-refractivity contribution in [2.45, 2.75) is 25.2 Å². The molecular weight excluding hydrogens is 196 g/mol. The van der Waals surface area contributed by atoms with Gasteiger partial charge in [-0.2, -0.15) is 5.26 Å². The third-order valence-electron chi connectivity index (χ3n) is 2.24. The molecule has 4 nitrogen and oxygen atoms in total. The van der Waals surface area contributed by atoms with Crippen molar-refractivity contribution in [3.63, 3.8) is 0 Å². The van der Waals surface area contributed by atoms with Crippen LogP contribution in [0, 0.1) is 11.3 Å². The van der Waals surface area contributed by atoms with E-state index in [9.17, 15) is 0 Å². The SMILES string of the molecule is CN(CCC#N)c1nnc(C2CC2)s1. The molecule has 1 aliphatic rings. The van der Waals surface area contributed by atoms with Gasteiger partial charge in [-0.05, 0) is 12.8 Å². The number of nitriles is 1. The molecule has 0 N–H and O–H groups in total. The van der Waals surface area contributed by atoms with Gasteiger partial charge in [0, 0.05) is 19.5 Å². The molecule has 1 saturated carbocycles. The van der Waals surface area contributed by atoms with Gasteiger partial charge in [-0.3, -0.25) is 0 Å². The lowest BCUT2D eigenvalue weighted by atomic mass is 10.4. The van der Waals surface area contributed by atoms with Crippen LogP contribution in [-0.4, -0.2) is 23.8 Å². The van der Waals surface area contributed by atoms with Gasteiger partial charge in [-0.1, -0.05) is 11.3 Å². The van der Waals surface area contributed by atoms with Gasteiger partial charge < -0.3 is 4.90 Å². The zero-order chi connectivity index (χ0) is 9.97. The third-order valence-corrected chi connectivity index (χ3v) is 3.44. The van der Waals surface area contributed by atoms with Crippen molar-refractivity contribution < 1.29 is 0 Å². The van der Waals surface area contributed by atoms with Crippen molar-refractivity contribution >= 4 is 16.5 Å². The van der Waals surface area contributed by atoms with Gasteiger partial charge in [0.15, 0.2) is 0 Å². The molecule has 1 aromatic heterocycles. The second-order valence-corrected chi connectivity index (χ2v) is 4.51. The molecule has 0 aliphatic heterocycles. The van der Waals surface area contributed by atoms with Gasteiger partial charge in [0.25, 0.3) is 0 Å². The Balaban J connectivity index is 1.97. The van der Waals surface area contributed by atoms with Gasteiger partial charge in [-0.25, -0.2) is 0 Å². The lowest BCUT2D eigenvalue weighted by Gasteiger charge is -2.11. The molecule has 0 bridgehead atoms. The number of rotatable bonds is 4. The summed E-state index contributed by atoms with van der Waals surface area (Å²) in [6.07, 6.45) is 3.06. The second kappa shape index (κ2) is 3.93. The summed E-state index contributed by atoms with van der Waals surface area (Å²) in [6, 6.07) is 2.13. The van der Waals surface area contributed by atoms with E-state index >= 15 is 0 Å². The van der Waals surface area contributed by atoms with Crippen LogP contribution in [0.1, 0.15) is 30.2 Å². The van der Waals surface area contributed by atoms with Gasteiger partial charge in [-0.15, -0.1) is 10.2 Å². The number of hydrogen-bond donors (Lipinski definition) is 0. The molecular formula is C9H12N4S. The van der Waals surface area contributed by atoms with Crippen LogP contribution < -0.4 is 4.90 Å². The predicted molar refractivity (Wildman–Crippen MR) is 55.4 cm³/mol. The predicted octanol–water partition coefficient (Wildman–Crippen LogP) is 1.77. The normalized spacial score (nSPS) is 15.1. The summed E-state index contributed by atoms with van der Waals surface area (Å²) in [4.78, 5) is 1.99. The highest BCUT2D eigenvalue weighted by molar-refractivity contribution is 7.15. The Morgan fingerprint density at radius 3 is 3.00 bits per heavy atom. The average molecular weight is 208 g/mol. The molecule has 74 valence electrons. The summed E-state index contributed by atoms with van der Waals surface area (Å²) in [7, 11) is 1.95. The van der Waals surface area contributed by atoms with E-state index in [0.29, 0.717) is 12.3 Å². The molecule has 0 atom stereocenters. The quantitative estimate of drug-likeness (QED) is 0.756. The molecule has 1 aliphatic carbocycles. The van der Waals surface area contributed by atoms with E-state index in [1.165, 1.54) is 12.8 Å². The van der Waals surface area contributed by atoms with Crippen LogP contribution in [0.5, 0.6) is 0 Å². The molecule has 5 heteroatoms. The first-order valence-corrected chi connectivity index (χ1v) is 5.54. The molecule has 2 rings (SSSR count). The van der Waals surface area contributed by atoms with E-state index in [2.05, 4.69) is 16.3 Å². The number of nitrogens with zero attached hydrogens (tertiary/aromatic N) is 4. The molecule has 14 heavy (non-hydrogen) atoms. The summed E-state index contributed by atoms with van der Waals surface area (Å²) in [5.41, 5.74) is 0. The molecule has 0 aromatic carbocycles. The van der Waals surface area contributed by atoms with E-state index in [1.54, 1.807) is 11.3 Å². The highest BCUT2D eigenvalue weighted by atomic mass is 32.1. The van der Waals surface area contributed by atoms with Crippen LogP contribution in [0.15, 0.2) is 0 Å². The van der Waals surface area contributed by atoms with Crippen molar-refractivity contribution in [2.24, 2.45) is 0 Å². The van der Waals surface area contributed by atoms with Crippen LogP contribution in [0.4, 0.5) is 5.13 Å². The molecule has 0 amide bonds. The molecule has 0 radical (unpaired) electrons. The summed E-state index contributed by atoms with van der Waals surface area (Å²) in [5, 5.41) is 18.8. The van der Waals surface area contributed by atoms with Gasteiger partial charge in [0.05, 0.1) is 12.5 Å². The van der Waals surface area contributed by atoms with Crippen LogP contribution in [0.3, 0.4) is 0 Å². The maximum atomic E-state index is 8.46. The zero-order valence-electron chi connectivity index (χ0n) is 8.10. The first-order chi connectivity index (χ1) is 6.81. The molecule has 0 spiro atoms. The summed E-state index contributed by atoms with van der Waals surface area (Å²) in [5.74, 6) is 0.672. The Kier molecular flexibility index (Phi) is 2.64. The van der Waals surface area contributed by atoms with Crippen molar-refractivity contribution in [1.29, 1.82) is 5.26 Å². The maximum absolute atomic E-state index is 8.46. The standard InChI is InChI=1S/C9H12N4S/c1-13(6-2-5-10)9-12-11-8(14-9)7-3-4-7/h7H,2-4,6H2,1H3. The van der Waals surface area contributed by atoms with Crippen molar-refractivity contribution in [3.8, 4) is 6.07 Å². The highest BCUT2D eigenvalue weighted by Crippen LogP contribution is 2.42. The fourth-order valence-corrected chi connectivity index (χ4v) is 2.19. The summed E-state index contributed by atoms with van der Waals surface area (Å²) >= 11 is 1.66. The molecule has 0 saturated heterocycles. The maximum Gasteiger partial charge on any atom is 0.208 e. The number of aromatic nitrogens is 2. The van der Waals surface area contributed by atoms with E-state index < -0.39 is 0 Å². The molecule has 1 aromatic rings. The van der Waals surface area contributed by atoms with Crippen LogP contribution in [0.25, 0.3) is 0 Å². The zero-order valence-corrected chi connectivity index (χ0v) is 8.92. The lowest BCUT2D eigenvalue weighted by molar-refractivity contribution is 0.874. The Bertz CT molecular complexity index is 350. The Morgan fingerprint density at radius 1 is 1.57 bits per heavy atom. The Labute approximate surface area is 87.2 Å². The largest absolute Gasteiger partial charge is 0.349 e. The number of hydrogen-bond acceptors (Lipinski definition) is 5. The van der Waals surface area contributed by atoms with Crippen molar-refractivity contribution in [1.82, 2.24) is 10.2 Å². The van der Waals surface area contributed by atoms with Crippen LogP contribution in [0.2, 0.25) is 0 Å². The van der Waals surface area contributed by atoms with Crippen molar-refractivity contribution in [2.75, 3.05) is 18.5 Å². The minimum atomic E-state index is 0.537. The average Bonchev–Trinajstić information content (AvgIpc) is 2.93. The summed E-state index contributed by atoms with van der Waals surface area (Å²) < 4.78 is 0. The molecule has 1 fully saturated rings. The first kappa shape index (κ1) is 9.41. The van der Waals surface area contributed by atoms with Gasteiger partial charge in [0.1, 0.15) is 5.01 Å². The Morgan fingerprint density at radius 2 is 2.36 bits per heavy atom. The van der Waals surface area contributed by atoms with E-state index in [1.807, 2.05) is 11.9 Å². The van der Waals surface area contributed by atoms with Crippen LogP contribution >= 0.6 is 11.3 Å². The molecule has 1 heterocycles. The van der Waals surface area contributed by atoms with E-state index in [-0.39, 0.29) is 0 Å². The topological polar surface area (TPSA) is 52.8 Å². The Hall–Kier alpha value is -1.15. The highest BCUT2D eigenvalue weighted by Gasteiger charge is 2.27. The lowest BCUT2D eigenvalue weighted by Crippen LogP contribution is -2.17. The smallest absolute Gasteiger partial charge is 0.208 e. The number of anilines is 1. The van der Waals surface area contributed by atoms with Gasteiger partial charge in [0.2, 0.25) is 5.13 Å². The molecule has 0 unspecified atom stereocenters. The first-order valence-electron chi connectivity index (χ1n) is 4.72. The fourth-order valence-electron chi connectivity index (χ4n) is 1.19.